The third kappa shape index (κ3) is 7.62. The van der Waals surface area contributed by atoms with Crippen LogP contribution in [-0.4, -0.2) is 4.89 Å². The molecule has 67 heavy (non-hydrogen) atoms. The van der Waals surface area contributed by atoms with Gasteiger partial charge in [0.05, 0.1) is 0 Å². The molecule has 7 aliphatic rings. The van der Waals surface area contributed by atoms with E-state index in [4.69, 9.17) is 9.05 Å². The Labute approximate surface area is 398 Å². The lowest BCUT2D eigenvalue weighted by molar-refractivity contribution is 0.295. The molecule has 0 saturated heterocycles. The second kappa shape index (κ2) is 17.5. The van der Waals surface area contributed by atoms with E-state index in [0.29, 0.717) is 47.0 Å². The van der Waals surface area contributed by atoms with Gasteiger partial charge in [0.2, 0.25) is 0 Å². The summed E-state index contributed by atoms with van der Waals surface area (Å²) in [6.45, 7) is 0. The third-order valence-corrected chi connectivity index (χ3v) is 19.3. The monoisotopic (exact) mass is 908 g/mol. The molecule has 0 radical (unpaired) electrons. The normalized spacial score (nSPS) is 21.9. The summed E-state index contributed by atoms with van der Waals surface area (Å²) in [5.41, 5.74) is 15.2. The van der Waals surface area contributed by atoms with Crippen LogP contribution in [0.5, 0.6) is 11.5 Å². The fourth-order valence-electron chi connectivity index (χ4n) is 15.2. The van der Waals surface area contributed by atoms with Crippen molar-refractivity contribution >= 4 is 29.4 Å². The third-order valence-electron chi connectivity index (χ3n) is 18.5. The minimum atomic E-state index is -4.76. The van der Waals surface area contributed by atoms with Crippen molar-refractivity contribution in [3.8, 4) is 44.9 Å². The molecule has 1 aliphatic heterocycles. The maximum absolute atomic E-state index is 15.4. The van der Waals surface area contributed by atoms with Crippen LogP contribution in [0.15, 0.2) is 84.9 Å². The van der Waals surface area contributed by atoms with E-state index in [1.165, 1.54) is 199 Å². The zero-order valence-corrected chi connectivity index (χ0v) is 40.5. The number of phosphoric acid groups is 1. The largest absolute Gasteiger partial charge is 0.584 e. The zero-order chi connectivity index (χ0) is 44.6. The summed E-state index contributed by atoms with van der Waals surface area (Å²) in [5.74, 6) is 4.07. The highest BCUT2D eigenvalue weighted by atomic mass is 31.2. The highest BCUT2D eigenvalue weighted by molar-refractivity contribution is 7.48. The molecule has 1 heterocycles. The van der Waals surface area contributed by atoms with E-state index < -0.39 is 7.82 Å². The van der Waals surface area contributed by atoms with Gasteiger partial charge in [-0.1, -0.05) is 150 Å². The van der Waals surface area contributed by atoms with Crippen LogP contribution in [0, 0.1) is 0 Å². The average Bonchev–Trinajstić information content (AvgIpc) is 4.21. The van der Waals surface area contributed by atoms with Gasteiger partial charge in [0.1, 0.15) is 11.5 Å². The first-order valence-corrected chi connectivity index (χ1v) is 28.7. The first-order valence-electron chi connectivity index (χ1n) is 27.2. The lowest BCUT2D eigenvalue weighted by atomic mass is 9.76. The molecule has 0 spiro atoms. The fraction of sp³-hybridized carbons (Fsp3) is 0.484. The Morgan fingerprint density at radius 2 is 0.657 bits per heavy atom. The molecule has 0 bridgehead atoms. The Morgan fingerprint density at radius 3 is 0.970 bits per heavy atom. The number of phosphoric ester groups is 1. The summed E-state index contributed by atoms with van der Waals surface area (Å²) in [7, 11) is -4.76. The van der Waals surface area contributed by atoms with Gasteiger partial charge in [-0.2, -0.15) is 0 Å². The lowest BCUT2D eigenvalue weighted by Gasteiger charge is -2.28. The molecule has 6 aromatic carbocycles. The number of rotatable bonds is 8. The van der Waals surface area contributed by atoms with Crippen molar-refractivity contribution in [3.05, 3.63) is 118 Å². The molecule has 5 heteroatoms. The van der Waals surface area contributed by atoms with Crippen LogP contribution in [0.1, 0.15) is 223 Å². The fourth-order valence-corrected chi connectivity index (χ4v) is 16.1. The second-order valence-electron chi connectivity index (χ2n) is 22.4. The van der Waals surface area contributed by atoms with Crippen LogP contribution in [0.4, 0.5) is 0 Å². The van der Waals surface area contributed by atoms with Gasteiger partial charge in [-0.3, -0.25) is 4.89 Å². The molecule has 6 fully saturated rings. The van der Waals surface area contributed by atoms with Crippen molar-refractivity contribution in [1.29, 1.82) is 0 Å². The Balaban J connectivity index is 1.14. The van der Waals surface area contributed by atoms with Crippen molar-refractivity contribution in [2.45, 2.75) is 190 Å². The predicted molar refractivity (Wildman–Crippen MR) is 276 cm³/mol. The molecule has 0 atom stereocenters. The van der Waals surface area contributed by atoms with Crippen LogP contribution in [0.2, 0.25) is 0 Å². The Hall–Kier alpha value is -4.37. The van der Waals surface area contributed by atoms with Crippen LogP contribution in [0.3, 0.4) is 0 Å². The minimum Gasteiger partial charge on any atom is -0.394 e. The van der Waals surface area contributed by atoms with E-state index >= 15 is 4.57 Å². The maximum Gasteiger partial charge on any atom is 0.584 e. The first-order chi connectivity index (χ1) is 33.0. The standard InChI is InChI=1S/C62H69O4P/c63-67(64)65-61-55(57-51(41-21-5-6-22-41)35-47(39-17-1-2-18-39)36-52(57)42-23-7-8-24-42)33-45-29-13-15-31-49(45)59(61)60-50-32-16-14-30-46(50)34-56(62(60)66-67)58-53(43-25-9-10-26-43)37-48(40-19-3-4-20-40)38-54(58)44-27-11-12-28-44/h13-16,29-44H,1-12,17-28H2,(H,63,64). The SMILES string of the molecule is O=P1(O)Oc2c(-c3c(C4CCCC4)cc(C4CCCC4)cc3C3CCCC3)cc3ccccc3c2-c2c(c(-c3c(C4CCCC4)cc(C4CCCC4)cc3C3CCCC3)cc3ccccc23)O1. The number of benzene rings is 6. The summed E-state index contributed by atoms with van der Waals surface area (Å²) in [4.78, 5) is 12.5. The van der Waals surface area contributed by atoms with Crippen LogP contribution >= 0.6 is 7.82 Å². The minimum absolute atomic E-state index is 0.455. The highest BCUT2D eigenvalue weighted by Gasteiger charge is 2.41. The quantitative estimate of drug-likeness (QED) is 0.155. The van der Waals surface area contributed by atoms with E-state index in [2.05, 4.69) is 84.9 Å². The molecular weight excluding hydrogens is 840 g/mol. The second-order valence-corrected chi connectivity index (χ2v) is 23.7. The first kappa shape index (κ1) is 42.7. The molecule has 1 N–H and O–H groups in total. The smallest absolute Gasteiger partial charge is 0.394 e. The van der Waals surface area contributed by atoms with Crippen molar-refractivity contribution in [2.75, 3.05) is 0 Å². The van der Waals surface area contributed by atoms with Crippen LogP contribution in [-0.2, 0) is 4.57 Å². The molecule has 346 valence electrons. The number of hydrogen-bond donors (Lipinski definition) is 1. The Kier molecular flexibility index (Phi) is 11.2. The summed E-state index contributed by atoms with van der Waals surface area (Å²) < 4.78 is 29.1. The summed E-state index contributed by atoms with van der Waals surface area (Å²) in [5, 5.41) is 4.32. The van der Waals surface area contributed by atoms with E-state index in [1.54, 1.807) is 0 Å². The van der Waals surface area contributed by atoms with Gasteiger partial charge in [0.15, 0.2) is 0 Å². The van der Waals surface area contributed by atoms with Crippen molar-refractivity contribution < 1.29 is 18.5 Å². The van der Waals surface area contributed by atoms with E-state index in [0.717, 1.165) is 43.8 Å². The predicted octanol–water partition coefficient (Wildman–Crippen LogP) is 18.8. The molecule has 0 amide bonds. The zero-order valence-electron chi connectivity index (χ0n) is 39.6. The van der Waals surface area contributed by atoms with Gasteiger partial charge in [-0.25, -0.2) is 4.57 Å². The number of hydrogen-bond acceptors (Lipinski definition) is 3. The molecular formula is C62H69O4P. The molecule has 4 nitrogen and oxygen atoms in total. The molecule has 0 aromatic heterocycles. The van der Waals surface area contributed by atoms with Crippen molar-refractivity contribution in [1.82, 2.24) is 0 Å². The van der Waals surface area contributed by atoms with Crippen molar-refractivity contribution in [3.63, 3.8) is 0 Å². The maximum atomic E-state index is 15.4. The van der Waals surface area contributed by atoms with Gasteiger partial charge in [0.25, 0.3) is 0 Å². The van der Waals surface area contributed by atoms with Crippen molar-refractivity contribution in [2.24, 2.45) is 0 Å². The van der Waals surface area contributed by atoms with Gasteiger partial charge < -0.3 is 9.05 Å². The van der Waals surface area contributed by atoms with Gasteiger partial charge in [-0.05, 0) is 191 Å². The van der Waals surface area contributed by atoms with E-state index in [-0.39, 0.29) is 0 Å². The Bertz CT molecular complexity index is 2640. The van der Waals surface area contributed by atoms with Crippen LogP contribution < -0.4 is 9.05 Å². The summed E-state index contributed by atoms with van der Waals surface area (Å²) in [6, 6.07) is 32.6. The average molecular weight is 909 g/mol. The Morgan fingerprint density at radius 1 is 0.373 bits per heavy atom. The molecule has 6 aliphatic carbocycles. The van der Waals surface area contributed by atoms with Crippen LogP contribution in [0.25, 0.3) is 54.9 Å². The van der Waals surface area contributed by atoms with Gasteiger partial charge >= 0.3 is 7.82 Å². The lowest BCUT2D eigenvalue weighted by Crippen LogP contribution is -2.08. The topological polar surface area (TPSA) is 55.8 Å². The molecule has 13 rings (SSSR count). The highest BCUT2D eigenvalue weighted by Crippen LogP contribution is 2.64. The molecule has 0 unspecified atom stereocenters. The number of fused-ring (bicyclic) bond motifs is 7. The van der Waals surface area contributed by atoms with E-state index in [9.17, 15) is 4.89 Å². The molecule has 6 aromatic rings. The summed E-state index contributed by atoms with van der Waals surface area (Å²) >= 11 is 0. The van der Waals surface area contributed by atoms with E-state index in [1.807, 2.05) is 0 Å². The molecule has 6 saturated carbocycles. The van der Waals surface area contributed by atoms with Gasteiger partial charge in [-0.15, -0.1) is 0 Å². The van der Waals surface area contributed by atoms with Gasteiger partial charge in [0, 0.05) is 22.3 Å². The summed E-state index contributed by atoms with van der Waals surface area (Å²) in [6.07, 6.45) is 29.8.